The monoisotopic (exact) mass is 255 g/mol. The summed E-state index contributed by atoms with van der Waals surface area (Å²) in [5.41, 5.74) is 0. The first-order chi connectivity index (χ1) is 8.61. The first-order valence-electron chi connectivity index (χ1n) is 6.41. The lowest BCUT2D eigenvalue weighted by atomic mass is 10.0. The van der Waals surface area contributed by atoms with Crippen molar-refractivity contribution in [2.75, 3.05) is 26.3 Å². The first kappa shape index (κ1) is 11.9. The molecule has 2 aliphatic heterocycles. The van der Waals surface area contributed by atoms with Gasteiger partial charge in [0.1, 0.15) is 0 Å². The number of piperidine rings is 1. The van der Waals surface area contributed by atoms with Crippen molar-refractivity contribution < 1.29 is 24.2 Å². The predicted octanol–water partition coefficient (Wildman–Crippen LogP) is 0.0726. The lowest BCUT2D eigenvalue weighted by Gasteiger charge is -2.37. The van der Waals surface area contributed by atoms with Gasteiger partial charge in [-0.05, 0) is 6.42 Å². The highest BCUT2D eigenvalue weighted by atomic mass is 16.7. The highest BCUT2D eigenvalue weighted by Crippen LogP contribution is 2.41. The third kappa shape index (κ3) is 1.99. The number of hydrogen-bond donors (Lipinski definition) is 1. The zero-order valence-electron chi connectivity index (χ0n) is 10.1. The van der Waals surface area contributed by atoms with Crippen molar-refractivity contribution in [2.24, 2.45) is 11.8 Å². The molecule has 1 spiro atoms. The Bertz CT molecular complexity index is 367. The van der Waals surface area contributed by atoms with Crippen LogP contribution in [0, 0.1) is 11.8 Å². The molecule has 1 saturated carbocycles. The number of amides is 1. The number of carboxylic acids is 1. The summed E-state index contributed by atoms with van der Waals surface area (Å²) in [4.78, 5) is 24.6. The molecule has 3 fully saturated rings. The van der Waals surface area contributed by atoms with Crippen molar-refractivity contribution in [2.45, 2.75) is 25.0 Å². The molecule has 0 bridgehead atoms. The van der Waals surface area contributed by atoms with Crippen LogP contribution in [0.5, 0.6) is 0 Å². The van der Waals surface area contributed by atoms with Crippen molar-refractivity contribution in [3.63, 3.8) is 0 Å². The number of nitrogens with zero attached hydrogens (tertiary/aromatic N) is 1. The fraction of sp³-hybridized carbons (Fsp3) is 0.833. The van der Waals surface area contributed by atoms with Gasteiger partial charge < -0.3 is 19.5 Å². The Morgan fingerprint density at radius 3 is 2.22 bits per heavy atom. The lowest BCUT2D eigenvalue weighted by Crippen LogP contribution is -2.48. The fourth-order valence-corrected chi connectivity index (χ4v) is 2.83. The van der Waals surface area contributed by atoms with Gasteiger partial charge in [-0.1, -0.05) is 0 Å². The Labute approximate surface area is 105 Å². The number of ether oxygens (including phenoxy) is 2. The van der Waals surface area contributed by atoms with Crippen LogP contribution in [0.3, 0.4) is 0 Å². The number of carbonyl (C=O) groups is 2. The van der Waals surface area contributed by atoms with Gasteiger partial charge in [-0.3, -0.25) is 9.59 Å². The van der Waals surface area contributed by atoms with E-state index in [0.29, 0.717) is 45.6 Å². The smallest absolute Gasteiger partial charge is 0.307 e. The fourth-order valence-electron chi connectivity index (χ4n) is 2.83. The minimum Gasteiger partial charge on any atom is -0.481 e. The third-order valence-electron chi connectivity index (χ3n) is 4.08. The van der Waals surface area contributed by atoms with Gasteiger partial charge in [-0.25, -0.2) is 0 Å². The third-order valence-corrected chi connectivity index (χ3v) is 4.08. The SMILES string of the molecule is O=C(O)C1CC1C(=O)N1CCC2(CC1)OCCO2. The van der Waals surface area contributed by atoms with Gasteiger partial charge in [0, 0.05) is 25.9 Å². The Morgan fingerprint density at radius 2 is 1.72 bits per heavy atom. The number of aliphatic carboxylic acids is 1. The summed E-state index contributed by atoms with van der Waals surface area (Å²) < 4.78 is 11.2. The van der Waals surface area contributed by atoms with E-state index in [4.69, 9.17) is 14.6 Å². The molecule has 3 aliphatic rings. The van der Waals surface area contributed by atoms with Crippen LogP contribution < -0.4 is 0 Å². The van der Waals surface area contributed by atoms with E-state index in [9.17, 15) is 9.59 Å². The maximum Gasteiger partial charge on any atom is 0.307 e. The molecule has 2 unspecified atom stereocenters. The number of hydrogen-bond acceptors (Lipinski definition) is 4. The van der Waals surface area contributed by atoms with Gasteiger partial charge in [0.25, 0.3) is 0 Å². The van der Waals surface area contributed by atoms with E-state index in [1.54, 1.807) is 4.90 Å². The minimum atomic E-state index is -0.857. The number of carbonyl (C=O) groups excluding carboxylic acids is 1. The van der Waals surface area contributed by atoms with Crippen LogP contribution in [0.15, 0.2) is 0 Å². The molecular weight excluding hydrogens is 238 g/mol. The number of rotatable bonds is 2. The quantitative estimate of drug-likeness (QED) is 0.755. The van der Waals surface area contributed by atoms with Gasteiger partial charge in [-0.2, -0.15) is 0 Å². The van der Waals surface area contributed by atoms with Crippen molar-refractivity contribution >= 4 is 11.9 Å². The summed E-state index contributed by atoms with van der Waals surface area (Å²) in [6.45, 7) is 2.44. The summed E-state index contributed by atoms with van der Waals surface area (Å²) >= 11 is 0. The van der Waals surface area contributed by atoms with Crippen LogP contribution in [-0.2, 0) is 19.1 Å². The second-order valence-corrected chi connectivity index (χ2v) is 5.22. The molecule has 18 heavy (non-hydrogen) atoms. The topological polar surface area (TPSA) is 76.1 Å². The second kappa shape index (κ2) is 4.20. The molecule has 6 nitrogen and oxygen atoms in total. The van der Waals surface area contributed by atoms with Crippen LogP contribution in [0.2, 0.25) is 0 Å². The molecule has 1 amide bonds. The first-order valence-corrected chi connectivity index (χ1v) is 6.41. The molecular formula is C12H17NO5. The van der Waals surface area contributed by atoms with E-state index in [-0.39, 0.29) is 11.8 Å². The average molecular weight is 255 g/mol. The maximum absolute atomic E-state index is 12.1. The van der Waals surface area contributed by atoms with Gasteiger partial charge in [-0.15, -0.1) is 0 Å². The van der Waals surface area contributed by atoms with Crippen LogP contribution in [-0.4, -0.2) is 54.0 Å². The molecule has 0 aromatic heterocycles. The van der Waals surface area contributed by atoms with E-state index in [0.717, 1.165) is 0 Å². The number of carboxylic acid groups (broad SMARTS) is 1. The molecule has 6 heteroatoms. The second-order valence-electron chi connectivity index (χ2n) is 5.22. The largest absolute Gasteiger partial charge is 0.481 e. The predicted molar refractivity (Wildman–Crippen MR) is 59.7 cm³/mol. The van der Waals surface area contributed by atoms with E-state index in [1.165, 1.54) is 0 Å². The van der Waals surface area contributed by atoms with Crippen molar-refractivity contribution in [3.05, 3.63) is 0 Å². The number of likely N-dealkylation sites (tertiary alicyclic amines) is 1. The van der Waals surface area contributed by atoms with E-state index in [2.05, 4.69) is 0 Å². The summed E-state index contributed by atoms with van der Waals surface area (Å²) in [6.07, 6.45) is 1.86. The van der Waals surface area contributed by atoms with E-state index < -0.39 is 17.7 Å². The Morgan fingerprint density at radius 1 is 1.11 bits per heavy atom. The Kier molecular flexibility index (Phi) is 2.79. The standard InChI is InChI=1S/C12H17NO5/c14-10(8-7-9(8)11(15)16)13-3-1-12(2-4-13)17-5-6-18-12/h8-9H,1-7H2,(H,15,16). The lowest BCUT2D eigenvalue weighted by molar-refractivity contribution is -0.188. The van der Waals surface area contributed by atoms with Crippen LogP contribution in [0.4, 0.5) is 0 Å². The minimum absolute atomic E-state index is 0.0183. The Balaban J connectivity index is 1.54. The van der Waals surface area contributed by atoms with Gasteiger partial charge in [0.05, 0.1) is 25.0 Å². The average Bonchev–Trinajstić information content (AvgIpc) is 3.06. The molecule has 2 saturated heterocycles. The zero-order valence-corrected chi connectivity index (χ0v) is 10.1. The molecule has 2 atom stereocenters. The zero-order chi connectivity index (χ0) is 12.8. The molecule has 0 aromatic carbocycles. The van der Waals surface area contributed by atoms with Crippen LogP contribution >= 0.6 is 0 Å². The van der Waals surface area contributed by atoms with Gasteiger partial charge in [0.15, 0.2) is 5.79 Å². The molecule has 3 rings (SSSR count). The summed E-state index contributed by atoms with van der Waals surface area (Å²) in [6, 6.07) is 0. The van der Waals surface area contributed by atoms with E-state index >= 15 is 0 Å². The maximum atomic E-state index is 12.1. The van der Waals surface area contributed by atoms with Crippen LogP contribution in [0.1, 0.15) is 19.3 Å². The van der Waals surface area contributed by atoms with Crippen molar-refractivity contribution in [3.8, 4) is 0 Å². The summed E-state index contributed by atoms with van der Waals surface area (Å²) in [5, 5.41) is 8.83. The summed E-state index contributed by atoms with van der Waals surface area (Å²) in [5.74, 6) is -2.12. The van der Waals surface area contributed by atoms with E-state index in [1.807, 2.05) is 0 Å². The molecule has 1 N–H and O–H groups in total. The van der Waals surface area contributed by atoms with Crippen molar-refractivity contribution in [1.29, 1.82) is 0 Å². The highest BCUT2D eigenvalue weighted by molar-refractivity contribution is 5.89. The summed E-state index contributed by atoms with van der Waals surface area (Å²) in [7, 11) is 0. The van der Waals surface area contributed by atoms with Gasteiger partial charge >= 0.3 is 5.97 Å². The molecule has 1 aliphatic carbocycles. The highest BCUT2D eigenvalue weighted by Gasteiger charge is 2.51. The molecule has 100 valence electrons. The van der Waals surface area contributed by atoms with Gasteiger partial charge in [0.2, 0.25) is 5.91 Å². The van der Waals surface area contributed by atoms with Crippen LogP contribution in [0.25, 0.3) is 0 Å². The normalized spacial score (nSPS) is 33.7. The molecule has 2 heterocycles. The molecule has 0 radical (unpaired) electrons. The Hall–Kier alpha value is -1.14. The van der Waals surface area contributed by atoms with Crippen molar-refractivity contribution in [1.82, 2.24) is 4.90 Å². The molecule has 0 aromatic rings.